The number of benzene rings is 2. The molecule has 0 saturated heterocycles. The molecule has 0 aromatic heterocycles. The third kappa shape index (κ3) is 2.89. The van der Waals surface area contributed by atoms with Crippen molar-refractivity contribution >= 4 is 10.8 Å². The Morgan fingerprint density at radius 1 is 1.14 bits per heavy atom. The van der Waals surface area contributed by atoms with E-state index in [1.807, 2.05) is 25.1 Å². The monoisotopic (exact) mass is 285 g/mol. The number of aliphatic hydroxyl groups excluding tert-OH is 1. The Morgan fingerprint density at radius 3 is 2.67 bits per heavy atom. The van der Waals surface area contributed by atoms with Crippen LogP contribution in [0.15, 0.2) is 36.4 Å². The molecule has 0 radical (unpaired) electrons. The zero-order valence-corrected chi connectivity index (χ0v) is 12.5. The first-order valence-electron chi connectivity index (χ1n) is 7.79. The van der Waals surface area contributed by atoms with Crippen LogP contribution in [0.1, 0.15) is 44.2 Å². The molecule has 3 nitrogen and oxygen atoms in total. The number of fused-ring (bicyclic) bond motifs is 1. The normalized spacial score (nSPS) is 24.0. The molecule has 2 aromatic rings. The second kappa shape index (κ2) is 6.04. The minimum Gasteiger partial charge on any atom is -0.487 e. The Kier molecular flexibility index (Phi) is 4.13. The van der Waals surface area contributed by atoms with Crippen molar-refractivity contribution in [3.05, 3.63) is 42.0 Å². The van der Waals surface area contributed by atoms with Gasteiger partial charge in [0.1, 0.15) is 11.9 Å². The van der Waals surface area contributed by atoms with Crippen LogP contribution < -0.4 is 10.5 Å². The summed E-state index contributed by atoms with van der Waals surface area (Å²) in [5, 5.41) is 12.4. The Morgan fingerprint density at radius 2 is 1.90 bits per heavy atom. The van der Waals surface area contributed by atoms with Crippen molar-refractivity contribution < 1.29 is 9.84 Å². The van der Waals surface area contributed by atoms with Gasteiger partial charge in [0.2, 0.25) is 0 Å². The molecule has 3 heteroatoms. The first-order chi connectivity index (χ1) is 10.2. The van der Waals surface area contributed by atoms with Gasteiger partial charge in [0.05, 0.1) is 6.10 Å². The Balaban J connectivity index is 2.03. The minimum absolute atomic E-state index is 0.0923. The van der Waals surface area contributed by atoms with E-state index in [0.717, 1.165) is 47.8 Å². The smallest absolute Gasteiger partial charge is 0.132 e. The van der Waals surface area contributed by atoms with Crippen molar-refractivity contribution in [2.24, 2.45) is 5.73 Å². The summed E-state index contributed by atoms with van der Waals surface area (Å²) in [6, 6.07) is 12.2. The molecule has 2 aromatic carbocycles. The summed E-state index contributed by atoms with van der Waals surface area (Å²) in [4.78, 5) is 0. The van der Waals surface area contributed by atoms with Crippen LogP contribution in [-0.2, 0) is 0 Å². The molecule has 3 N–H and O–H groups in total. The van der Waals surface area contributed by atoms with Crippen LogP contribution in [0.2, 0.25) is 0 Å². The topological polar surface area (TPSA) is 55.5 Å². The lowest BCUT2D eigenvalue weighted by Crippen LogP contribution is -2.35. The molecule has 3 rings (SSSR count). The second-order valence-corrected chi connectivity index (χ2v) is 6.00. The van der Waals surface area contributed by atoms with Crippen molar-refractivity contribution in [3.63, 3.8) is 0 Å². The zero-order valence-electron chi connectivity index (χ0n) is 12.5. The van der Waals surface area contributed by atoms with Crippen LogP contribution in [0.5, 0.6) is 5.75 Å². The van der Waals surface area contributed by atoms with Gasteiger partial charge in [-0.3, -0.25) is 0 Å². The first kappa shape index (κ1) is 14.4. The highest BCUT2D eigenvalue weighted by Crippen LogP contribution is 2.35. The number of hydrogen-bond donors (Lipinski definition) is 2. The minimum atomic E-state index is -0.376. The van der Waals surface area contributed by atoms with Crippen molar-refractivity contribution in [1.29, 1.82) is 0 Å². The van der Waals surface area contributed by atoms with Gasteiger partial charge < -0.3 is 15.6 Å². The predicted molar refractivity (Wildman–Crippen MR) is 85.4 cm³/mol. The zero-order chi connectivity index (χ0) is 14.8. The van der Waals surface area contributed by atoms with Gasteiger partial charge in [-0.15, -0.1) is 0 Å². The van der Waals surface area contributed by atoms with Gasteiger partial charge in [0.15, 0.2) is 0 Å². The van der Waals surface area contributed by atoms with E-state index in [4.69, 9.17) is 10.5 Å². The van der Waals surface area contributed by atoms with Crippen molar-refractivity contribution in [3.8, 4) is 5.75 Å². The van der Waals surface area contributed by atoms with E-state index in [-0.39, 0.29) is 18.2 Å². The molecule has 1 aliphatic rings. The van der Waals surface area contributed by atoms with Crippen molar-refractivity contribution in [2.75, 3.05) is 0 Å². The summed E-state index contributed by atoms with van der Waals surface area (Å²) in [5.74, 6) is 0.842. The molecule has 2 unspecified atom stereocenters. The molecule has 3 atom stereocenters. The largest absolute Gasteiger partial charge is 0.487 e. The Labute approximate surface area is 125 Å². The van der Waals surface area contributed by atoms with E-state index in [9.17, 15) is 5.11 Å². The predicted octanol–water partition coefficient (Wildman–Crippen LogP) is 3.54. The van der Waals surface area contributed by atoms with E-state index in [1.54, 1.807) is 0 Å². The maximum Gasteiger partial charge on any atom is 0.132 e. The number of nitrogens with two attached hydrogens (primary N) is 1. The van der Waals surface area contributed by atoms with Crippen LogP contribution in [-0.4, -0.2) is 17.3 Å². The lowest BCUT2D eigenvalue weighted by molar-refractivity contribution is 0.00710. The third-order valence-electron chi connectivity index (χ3n) is 4.34. The van der Waals surface area contributed by atoms with Gasteiger partial charge in [-0.1, -0.05) is 42.8 Å². The standard InChI is InChI=1S/C18H23NO2/c1-12(19)14-11-10-13-6-2-3-7-15(13)18(14)21-17-9-5-4-8-16(17)20/h2-3,6-7,10-12,16-17,20H,4-5,8-9,19H2,1H3/t12-,16?,17?/m0/s1. The van der Waals surface area contributed by atoms with Crippen LogP contribution in [0.3, 0.4) is 0 Å². The average molecular weight is 285 g/mol. The van der Waals surface area contributed by atoms with Gasteiger partial charge in [0.25, 0.3) is 0 Å². The van der Waals surface area contributed by atoms with Gasteiger partial charge in [-0.2, -0.15) is 0 Å². The fourth-order valence-corrected chi connectivity index (χ4v) is 3.12. The van der Waals surface area contributed by atoms with Gasteiger partial charge in [-0.05, 0) is 31.6 Å². The van der Waals surface area contributed by atoms with Gasteiger partial charge >= 0.3 is 0 Å². The number of ether oxygens (including phenoxy) is 1. The molecular formula is C18H23NO2. The number of rotatable bonds is 3. The third-order valence-corrected chi connectivity index (χ3v) is 4.34. The van der Waals surface area contributed by atoms with E-state index in [2.05, 4.69) is 18.2 Å². The Hall–Kier alpha value is -1.58. The van der Waals surface area contributed by atoms with Gasteiger partial charge in [-0.25, -0.2) is 0 Å². The van der Waals surface area contributed by atoms with Crippen molar-refractivity contribution in [1.82, 2.24) is 0 Å². The summed E-state index contributed by atoms with van der Waals surface area (Å²) >= 11 is 0. The lowest BCUT2D eigenvalue weighted by atomic mass is 9.94. The summed E-state index contributed by atoms with van der Waals surface area (Å²) in [6.45, 7) is 1.97. The lowest BCUT2D eigenvalue weighted by Gasteiger charge is -2.30. The van der Waals surface area contributed by atoms with Gasteiger partial charge in [0, 0.05) is 17.0 Å². The second-order valence-electron chi connectivity index (χ2n) is 6.00. The highest BCUT2D eigenvalue weighted by atomic mass is 16.5. The van der Waals surface area contributed by atoms with E-state index in [1.165, 1.54) is 0 Å². The van der Waals surface area contributed by atoms with E-state index >= 15 is 0 Å². The summed E-state index contributed by atoms with van der Waals surface area (Å²) in [6.07, 6.45) is 3.42. The molecule has 1 fully saturated rings. The van der Waals surface area contributed by atoms with Crippen molar-refractivity contribution in [2.45, 2.75) is 50.9 Å². The molecule has 0 bridgehead atoms. The summed E-state index contributed by atoms with van der Waals surface area (Å²) in [5.41, 5.74) is 7.11. The highest BCUT2D eigenvalue weighted by Gasteiger charge is 2.26. The quantitative estimate of drug-likeness (QED) is 0.907. The molecule has 0 heterocycles. The molecule has 1 saturated carbocycles. The maximum atomic E-state index is 10.2. The highest BCUT2D eigenvalue weighted by molar-refractivity contribution is 5.89. The molecule has 21 heavy (non-hydrogen) atoms. The number of hydrogen-bond acceptors (Lipinski definition) is 3. The van der Waals surface area contributed by atoms with Crippen LogP contribution in [0, 0.1) is 0 Å². The fraction of sp³-hybridized carbons (Fsp3) is 0.444. The number of aliphatic hydroxyl groups is 1. The molecule has 0 amide bonds. The van der Waals surface area contributed by atoms with E-state index < -0.39 is 0 Å². The molecule has 0 spiro atoms. The first-order valence-corrected chi connectivity index (χ1v) is 7.79. The summed E-state index contributed by atoms with van der Waals surface area (Å²) < 4.78 is 6.24. The van der Waals surface area contributed by atoms with Crippen LogP contribution in [0.25, 0.3) is 10.8 Å². The molecule has 0 aliphatic heterocycles. The maximum absolute atomic E-state index is 10.2. The molecular weight excluding hydrogens is 262 g/mol. The molecule has 1 aliphatic carbocycles. The average Bonchev–Trinajstić information content (AvgIpc) is 2.49. The van der Waals surface area contributed by atoms with Crippen LogP contribution >= 0.6 is 0 Å². The Bertz CT molecular complexity index is 624. The van der Waals surface area contributed by atoms with E-state index in [0.29, 0.717) is 0 Å². The van der Waals surface area contributed by atoms with Crippen LogP contribution in [0.4, 0.5) is 0 Å². The molecule has 112 valence electrons. The SMILES string of the molecule is C[C@H](N)c1ccc2ccccc2c1OC1CCCCC1O. The fourth-order valence-electron chi connectivity index (χ4n) is 3.12. The summed E-state index contributed by atoms with van der Waals surface area (Å²) in [7, 11) is 0.